The summed E-state index contributed by atoms with van der Waals surface area (Å²) < 4.78 is 1.19. The Balaban J connectivity index is 2.11. The van der Waals surface area contributed by atoms with Crippen molar-refractivity contribution in [2.45, 2.75) is 6.04 Å². The first kappa shape index (κ1) is 9.65. The Labute approximate surface area is 90.9 Å². The summed E-state index contributed by atoms with van der Waals surface area (Å²) in [6.07, 6.45) is 0. The fourth-order valence-electron chi connectivity index (χ4n) is 1.65. The zero-order valence-electron chi connectivity index (χ0n) is 7.51. The van der Waals surface area contributed by atoms with Crippen molar-refractivity contribution in [3.63, 3.8) is 0 Å². The van der Waals surface area contributed by atoms with Gasteiger partial charge in [-0.25, -0.2) is 0 Å². The number of nitrogens with one attached hydrogen (secondary N) is 2. The first-order valence-corrected chi connectivity index (χ1v) is 6.10. The van der Waals surface area contributed by atoms with Gasteiger partial charge in [0.2, 0.25) is 0 Å². The SMILES string of the molecule is CNC(c1cc(Br)cs1)C1CNC1. The van der Waals surface area contributed by atoms with Crippen molar-refractivity contribution in [1.29, 1.82) is 0 Å². The molecule has 0 saturated carbocycles. The van der Waals surface area contributed by atoms with E-state index < -0.39 is 0 Å². The first-order valence-electron chi connectivity index (χ1n) is 4.43. The lowest BCUT2D eigenvalue weighted by Gasteiger charge is -2.34. The van der Waals surface area contributed by atoms with Crippen LogP contribution in [0, 0.1) is 5.92 Å². The normalized spacial score (nSPS) is 19.8. The second kappa shape index (κ2) is 4.09. The van der Waals surface area contributed by atoms with Gasteiger partial charge >= 0.3 is 0 Å². The largest absolute Gasteiger partial charge is 0.316 e. The summed E-state index contributed by atoms with van der Waals surface area (Å²) in [4.78, 5) is 1.43. The summed E-state index contributed by atoms with van der Waals surface area (Å²) in [5.41, 5.74) is 0. The van der Waals surface area contributed by atoms with Crippen molar-refractivity contribution < 1.29 is 0 Å². The molecule has 0 radical (unpaired) electrons. The number of rotatable bonds is 3. The molecule has 72 valence electrons. The van der Waals surface area contributed by atoms with Gasteiger partial charge in [-0.1, -0.05) is 0 Å². The van der Waals surface area contributed by atoms with Crippen LogP contribution in [0.3, 0.4) is 0 Å². The Kier molecular flexibility index (Phi) is 3.03. The minimum Gasteiger partial charge on any atom is -0.316 e. The van der Waals surface area contributed by atoms with Crippen LogP contribution in [0.2, 0.25) is 0 Å². The molecule has 0 amide bonds. The minimum atomic E-state index is 0.526. The average Bonchev–Trinajstić information content (AvgIpc) is 2.43. The van der Waals surface area contributed by atoms with Gasteiger partial charge in [-0.15, -0.1) is 11.3 Å². The molecule has 1 aliphatic rings. The number of hydrogen-bond acceptors (Lipinski definition) is 3. The van der Waals surface area contributed by atoms with Gasteiger partial charge in [0.25, 0.3) is 0 Å². The molecule has 4 heteroatoms. The molecule has 2 nitrogen and oxygen atoms in total. The monoisotopic (exact) mass is 260 g/mol. The van der Waals surface area contributed by atoms with Gasteiger partial charge in [0.15, 0.2) is 0 Å². The lowest BCUT2D eigenvalue weighted by atomic mass is 9.93. The highest BCUT2D eigenvalue weighted by molar-refractivity contribution is 9.10. The lowest BCUT2D eigenvalue weighted by Crippen LogP contribution is -2.48. The third-order valence-electron chi connectivity index (χ3n) is 2.49. The standard InChI is InChI=1S/C9H13BrN2S/c1-11-9(6-3-12-4-6)8-2-7(10)5-13-8/h2,5-6,9,11-12H,3-4H2,1H3. The molecule has 2 rings (SSSR count). The van der Waals surface area contributed by atoms with Crippen LogP contribution in [0.1, 0.15) is 10.9 Å². The molecule has 1 fully saturated rings. The molecular weight excluding hydrogens is 248 g/mol. The highest BCUT2D eigenvalue weighted by atomic mass is 79.9. The average molecular weight is 261 g/mol. The van der Waals surface area contributed by atoms with Crippen molar-refractivity contribution in [3.8, 4) is 0 Å². The maximum absolute atomic E-state index is 3.49. The van der Waals surface area contributed by atoms with E-state index in [1.165, 1.54) is 9.35 Å². The van der Waals surface area contributed by atoms with E-state index in [-0.39, 0.29) is 0 Å². The van der Waals surface area contributed by atoms with Crippen LogP contribution >= 0.6 is 27.3 Å². The Morgan fingerprint density at radius 3 is 2.85 bits per heavy atom. The molecule has 1 aliphatic heterocycles. The summed E-state index contributed by atoms with van der Waals surface area (Å²) in [7, 11) is 2.04. The van der Waals surface area contributed by atoms with E-state index in [9.17, 15) is 0 Å². The second-order valence-electron chi connectivity index (χ2n) is 3.35. The van der Waals surface area contributed by atoms with Gasteiger partial charge in [0.05, 0.1) is 0 Å². The van der Waals surface area contributed by atoms with Crippen molar-refractivity contribution in [3.05, 3.63) is 20.8 Å². The van der Waals surface area contributed by atoms with Crippen LogP contribution < -0.4 is 10.6 Å². The van der Waals surface area contributed by atoms with E-state index in [1.54, 1.807) is 0 Å². The van der Waals surface area contributed by atoms with E-state index in [0.29, 0.717) is 6.04 Å². The molecule has 0 bridgehead atoms. The van der Waals surface area contributed by atoms with Crippen LogP contribution in [0.5, 0.6) is 0 Å². The number of thiophene rings is 1. The van der Waals surface area contributed by atoms with E-state index in [4.69, 9.17) is 0 Å². The molecular formula is C9H13BrN2S. The Bertz CT molecular complexity index is 283. The smallest absolute Gasteiger partial charge is 0.0465 e. The number of halogens is 1. The summed E-state index contributed by atoms with van der Waals surface area (Å²) in [5.74, 6) is 0.760. The van der Waals surface area contributed by atoms with Crippen LogP contribution in [0.4, 0.5) is 0 Å². The fourth-order valence-corrected chi connectivity index (χ4v) is 3.30. The van der Waals surface area contributed by atoms with Gasteiger partial charge in [-0.2, -0.15) is 0 Å². The summed E-state index contributed by atoms with van der Waals surface area (Å²) >= 11 is 5.31. The third kappa shape index (κ3) is 1.96. The maximum Gasteiger partial charge on any atom is 0.0465 e. The van der Waals surface area contributed by atoms with E-state index in [0.717, 1.165) is 19.0 Å². The fraction of sp³-hybridized carbons (Fsp3) is 0.556. The molecule has 0 aliphatic carbocycles. The predicted octanol–water partition coefficient (Wildman–Crippen LogP) is 1.99. The van der Waals surface area contributed by atoms with E-state index >= 15 is 0 Å². The van der Waals surface area contributed by atoms with Gasteiger partial charge < -0.3 is 10.6 Å². The highest BCUT2D eigenvalue weighted by Gasteiger charge is 2.27. The van der Waals surface area contributed by atoms with Gasteiger partial charge in [-0.3, -0.25) is 0 Å². The Morgan fingerprint density at radius 1 is 1.69 bits per heavy atom. The van der Waals surface area contributed by atoms with Crippen LogP contribution in [-0.2, 0) is 0 Å². The highest BCUT2D eigenvalue weighted by Crippen LogP contribution is 2.31. The topological polar surface area (TPSA) is 24.1 Å². The Morgan fingerprint density at radius 2 is 2.46 bits per heavy atom. The van der Waals surface area contributed by atoms with Crippen LogP contribution in [0.25, 0.3) is 0 Å². The maximum atomic E-state index is 3.49. The molecule has 1 aromatic heterocycles. The van der Waals surface area contributed by atoms with Crippen molar-refractivity contribution in [2.75, 3.05) is 20.1 Å². The predicted molar refractivity (Wildman–Crippen MR) is 60.2 cm³/mol. The molecule has 0 aromatic carbocycles. The molecule has 2 N–H and O–H groups in total. The molecule has 1 aromatic rings. The molecule has 1 saturated heterocycles. The molecule has 1 atom stereocenters. The molecule has 2 heterocycles. The van der Waals surface area contributed by atoms with Crippen LogP contribution in [-0.4, -0.2) is 20.1 Å². The first-order chi connectivity index (χ1) is 6.31. The van der Waals surface area contributed by atoms with Gasteiger partial charge in [0.1, 0.15) is 0 Å². The van der Waals surface area contributed by atoms with Gasteiger partial charge in [0, 0.05) is 39.8 Å². The summed E-state index contributed by atoms with van der Waals surface area (Å²) in [6, 6.07) is 2.74. The lowest BCUT2D eigenvalue weighted by molar-refractivity contribution is 0.271. The molecule has 1 unspecified atom stereocenters. The van der Waals surface area contributed by atoms with E-state index in [1.807, 2.05) is 18.4 Å². The summed E-state index contributed by atoms with van der Waals surface area (Å²) in [5, 5.41) is 8.83. The minimum absolute atomic E-state index is 0.526. The van der Waals surface area contributed by atoms with Gasteiger partial charge in [-0.05, 0) is 29.0 Å². The van der Waals surface area contributed by atoms with Crippen LogP contribution in [0.15, 0.2) is 15.9 Å². The molecule has 13 heavy (non-hydrogen) atoms. The zero-order valence-corrected chi connectivity index (χ0v) is 9.91. The van der Waals surface area contributed by atoms with Crippen molar-refractivity contribution in [1.82, 2.24) is 10.6 Å². The van der Waals surface area contributed by atoms with E-state index in [2.05, 4.69) is 38.0 Å². The van der Waals surface area contributed by atoms with Crippen molar-refractivity contribution in [2.24, 2.45) is 5.92 Å². The number of hydrogen-bond donors (Lipinski definition) is 2. The second-order valence-corrected chi connectivity index (χ2v) is 5.21. The zero-order chi connectivity index (χ0) is 9.26. The Hall–Kier alpha value is 0.1000. The van der Waals surface area contributed by atoms with Crippen molar-refractivity contribution >= 4 is 27.3 Å². The molecule has 0 spiro atoms. The third-order valence-corrected chi connectivity index (χ3v) is 4.27. The summed E-state index contributed by atoms with van der Waals surface area (Å²) in [6.45, 7) is 2.28. The quantitative estimate of drug-likeness (QED) is 0.869.